The summed E-state index contributed by atoms with van der Waals surface area (Å²) >= 11 is 0. The maximum absolute atomic E-state index is 12.8. The highest BCUT2D eigenvalue weighted by molar-refractivity contribution is 5.95. The Labute approximate surface area is 137 Å². The highest BCUT2D eigenvalue weighted by Crippen LogP contribution is 2.23. The third-order valence-electron chi connectivity index (χ3n) is 3.28. The summed E-state index contributed by atoms with van der Waals surface area (Å²) < 4.78 is 15.0. The molecule has 23 heavy (non-hydrogen) atoms. The summed E-state index contributed by atoms with van der Waals surface area (Å²) in [7, 11) is 4.40. The van der Waals surface area contributed by atoms with Crippen molar-refractivity contribution in [3.63, 3.8) is 0 Å². The fourth-order valence-electron chi connectivity index (χ4n) is 2.16. The number of esters is 1. The first-order valence-electron chi connectivity index (χ1n) is 7.50. The van der Waals surface area contributed by atoms with Gasteiger partial charge in [0.2, 0.25) is 0 Å². The number of carbonyl (C=O) groups is 2. The molecule has 0 aliphatic heterocycles. The lowest BCUT2D eigenvalue weighted by Gasteiger charge is -2.24. The van der Waals surface area contributed by atoms with E-state index in [0.717, 1.165) is 0 Å². The molecule has 0 unspecified atom stereocenters. The number of ether oxygens (including phenoxy) is 3. The van der Waals surface area contributed by atoms with Crippen molar-refractivity contribution in [1.29, 1.82) is 0 Å². The van der Waals surface area contributed by atoms with E-state index in [1.807, 2.05) is 13.8 Å². The molecule has 0 atom stereocenters. The summed E-state index contributed by atoms with van der Waals surface area (Å²) in [5.41, 5.74) is 0.465. The first-order chi connectivity index (χ1) is 10.9. The minimum atomic E-state index is -0.338. The second-order valence-corrected chi connectivity index (χ2v) is 5.57. The van der Waals surface area contributed by atoms with Crippen molar-refractivity contribution in [2.24, 2.45) is 5.92 Å². The van der Waals surface area contributed by atoms with Crippen molar-refractivity contribution in [2.75, 3.05) is 34.4 Å². The van der Waals surface area contributed by atoms with Crippen molar-refractivity contribution in [3.8, 4) is 11.5 Å². The molecule has 1 amide bonds. The Morgan fingerprint density at radius 2 is 1.61 bits per heavy atom. The zero-order valence-corrected chi connectivity index (χ0v) is 14.4. The Kier molecular flexibility index (Phi) is 7.38. The van der Waals surface area contributed by atoms with Gasteiger partial charge in [0.05, 0.1) is 27.8 Å². The summed E-state index contributed by atoms with van der Waals surface area (Å²) in [5.74, 6) is 0.869. The minimum absolute atomic E-state index is 0.163. The topological polar surface area (TPSA) is 65.1 Å². The second-order valence-electron chi connectivity index (χ2n) is 5.57. The van der Waals surface area contributed by atoms with E-state index in [1.165, 1.54) is 21.3 Å². The van der Waals surface area contributed by atoms with Crippen LogP contribution in [0.25, 0.3) is 0 Å². The molecule has 0 fully saturated rings. The first-order valence-corrected chi connectivity index (χ1v) is 7.50. The van der Waals surface area contributed by atoms with Crippen molar-refractivity contribution in [1.82, 2.24) is 4.90 Å². The minimum Gasteiger partial charge on any atom is -0.497 e. The zero-order chi connectivity index (χ0) is 17.4. The molecule has 0 saturated heterocycles. The summed E-state index contributed by atoms with van der Waals surface area (Å²) in [6.07, 6.45) is 0.163. The molecule has 0 aliphatic rings. The Hall–Kier alpha value is -2.24. The van der Waals surface area contributed by atoms with Gasteiger partial charge in [0, 0.05) is 24.7 Å². The van der Waals surface area contributed by atoms with Gasteiger partial charge in [0.25, 0.3) is 5.91 Å². The molecule has 0 aromatic heterocycles. The van der Waals surface area contributed by atoms with Crippen LogP contribution >= 0.6 is 0 Å². The number of nitrogens with zero attached hydrogens (tertiary/aromatic N) is 1. The number of methoxy groups -OCH3 is 3. The summed E-state index contributed by atoms with van der Waals surface area (Å²) in [5, 5.41) is 0. The molecule has 6 nitrogen and oxygen atoms in total. The quantitative estimate of drug-likeness (QED) is 0.687. The van der Waals surface area contributed by atoms with Crippen molar-refractivity contribution in [3.05, 3.63) is 23.8 Å². The average Bonchev–Trinajstić information content (AvgIpc) is 2.56. The number of carbonyl (C=O) groups excluding carboxylic acids is 2. The van der Waals surface area contributed by atoms with Crippen LogP contribution in [-0.2, 0) is 9.53 Å². The van der Waals surface area contributed by atoms with Crippen LogP contribution in [0.4, 0.5) is 0 Å². The van der Waals surface area contributed by atoms with Crippen LogP contribution in [0.1, 0.15) is 30.6 Å². The van der Waals surface area contributed by atoms with Crippen LogP contribution in [-0.4, -0.2) is 51.2 Å². The van der Waals surface area contributed by atoms with Gasteiger partial charge in [-0.15, -0.1) is 0 Å². The van der Waals surface area contributed by atoms with Crippen LogP contribution in [0.5, 0.6) is 11.5 Å². The normalized spacial score (nSPS) is 10.3. The molecule has 128 valence electrons. The maximum Gasteiger partial charge on any atom is 0.307 e. The Morgan fingerprint density at radius 3 is 2.04 bits per heavy atom. The number of hydrogen-bond donors (Lipinski definition) is 0. The highest BCUT2D eigenvalue weighted by Gasteiger charge is 2.19. The van der Waals surface area contributed by atoms with E-state index in [4.69, 9.17) is 9.47 Å². The number of benzene rings is 1. The van der Waals surface area contributed by atoms with Crippen LogP contribution in [0.2, 0.25) is 0 Å². The van der Waals surface area contributed by atoms with Crippen LogP contribution in [0.3, 0.4) is 0 Å². The smallest absolute Gasteiger partial charge is 0.307 e. The molecule has 0 saturated carbocycles. The largest absolute Gasteiger partial charge is 0.497 e. The van der Waals surface area contributed by atoms with Crippen LogP contribution in [0.15, 0.2) is 18.2 Å². The molecule has 1 aromatic rings. The van der Waals surface area contributed by atoms with E-state index in [1.54, 1.807) is 23.1 Å². The van der Waals surface area contributed by atoms with Crippen LogP contribution in [0, 0.1) is 5.92 Å². The molecule has 6 heteroatoms. The zero-order valence-electron chi connectivity index (χ0n) is 14.4. The number of hydrogen-bond acceptors (Lipinski definition) is 5. The first kappa shape index (κ1) is 18.8. The average molecular weight is 323 g/mol. The second kappa shape index (κ2) is 9.02. The lowest BCUT2D eigenvalue weighted by molar-refractivity contribution is -0.140. The molecule has 0 heterocycles. The van der Waals surface area contributed by atoms with E-state index < -0.39 is 0 Å². The van der Waals surface area contributed by atoms with E-state index >= 15 is 0 Å². The van der Waals surface area contributed by atoms with Crippen LogP contribution < -0.4 is 9.47 Å². The predicted molar refractivity (Wildman–Crippen MR) is 86.9 cm³/mol. The van der Waals surface area contributed by atoms with E-state index in [-0.39, 0.29) is 24.2 Å². The Morgan fingerprint density at radius 1 is 1.04 bits per heavy atom. The van der Waals surface area contributed by atoms with Gasteiger partial charge in [-0.25, -0.2) is 0 Å². The molecule has 1 rings (SSSR count). The molecule has 0 spiro atoms. The lowest BCUT2D eigenvalue weighted by atomic mass is 10.1. The monoisotopic (exact) mass is 323 g/mol. The van der Waals surface area contributed by atoms with E-state index in [2.05, 4.69) is 4.74 Å². The molecule has 0 radical (unpaired) electrons. The predicted octanol–water partition coefficient (Wildman–Crippen LogP) is 2.37. The highest BCUT2D eigenvalue weighted by atomic mass is 16.5. The van der Waals surface area contributed by atoms with Crippen molar-refractivity contribution < 1.29 is 23.8 Å². The van der Waals surface area contributed by atoms with Gasteiger partial charge < -0.3 is 19.1 Å². The Bertz CT molecular complexity index is 520. The summed E-state index contributed by atoms with van der Waals surface area (Å²) in [6, 6.07) is 5.03. The molecule has 1 aromatic carbocycles. The van der Waals surface area contributed by atoms with Gasteiger partial charge in [0.15, 0.2) is 0 Å². The molecule has 0 N–H and O–H groups in total. The molecule has 0 aliphatic carbocycles. The van der Waals surface area contributed by atoms with Crippen molar-refractivity contribution in [2.45, 2.75) is 20.3 Å². The summed E-state index contributed by atoms with van der Waals surface area (Å²) in [6.45, 7) is 4.90. The van der Waals surface area contributed by atoms with E-state index in [0.29, 0.717) is 30.2 Å². The maximum atomic E-state index is 12.8. The molecule has 0 bridgehead atoms. The fraction of sp³-hybridized carbons (Fsp3) is 0.529. The lowest BCUT2D eigenvalue weighted by Crippen LogP contribution is -2.36. The molecular formula is C17H25NO5. The van der Waals surface area contributed by atoms with Gasteiger partial charge in [-0.05, 0) is 18.1 Å². The van der Waals surface area contributed by atoms with Crippen molar-refractivity contribution >= 4 is 11.9 Å². The third kappa shape index (κ3) is 5.81. The summed E-state index contributed by atoms with van der Waals surface area (Å²) in [4.78, 5) is 25.8. The standard InChI is InChI=1S/C17H25NO5/c1-12(2)11-18(7-6-16(19)23-5)17(20)13-8-14(21-3)10-15(9-13)22-4/h8-10,12H,6-7,11H2,1-5H3. The fourth-order valence-corrected chi connectivity index (χ4v) is 2.16. The van der Waals surface area contributed by atoms with Gasteiger partial charge >= 0.3 is 5.97 Å². The number of amides is 1. The SMILES string of the molecule is COC(=O)CCN(CC(C)C)C(=O)c1cc(OC)cc(OC)c1. The molecular weight excluding hydrogens is 298 g/mol. The van der Waals surface area contributed by atoms with Gasteiger partial charge in [0.1, 0.15) is 11.5 Å². The number of rotatable bonds is 8. The van der Waals surface area contributed by atoms with Gasteiger partial charge in [-0.3, -0.25) is 9.59 Å². The van der Waals surface area contributed by atoms with Gasteiger partial charge in [-0.2, -0.15) is 0 Å². The van der Waals surface area contributed by atoms with E-state index in [9.17, 15) is 9.59 Å². The third-order valence-corrected chi connectivity index (χ3v) is 3.28. The Balaban J connectivity index is 3.00. The van der Waals surface area contributed by atoms with Gasteiger partial charge in [-0.1, -0.05) is 13.8 Å².